The van der Waals surface area contributed by atoms with E-state index in [2.05, 4.69) is 16.0 Å². The van der Waals surface area contributed by atoms with Gasteiger partial charge in [-0.2, -0.15) is 0 Å². The van der Waals surface area contributed by atoms with Crippen LogP contribution >= 0.6 is 12.2 Å². The van der Waals surface area contributed by atoms with Gasteiger partial charge >= 0.3 is 6.03 Å². The zero-order valence-corrected chi connectivity index (χ0v) is 11.6. The summed E-state index contributed by atoms with van der Waals surface area (Å²) in [6.07, 6.45) is 0. The molecule has 0 unspecified atom stereocenters. The molecule has 0 aliphatic heterocycles. The summed E-state index contributed by atoms with van der Waals surface area (Å²) in [6.45, 7) is 0.459. The fourth-order valence-electron chi connectivity index (χ4n) is 1.61. The van der Waals surface area contributed by atoms with Crippen LogP contribution in [0.3, 0.4) is 0 Å². The minimum Gasteiger partial charge on any atom is -0.334 e. The smallest absolute Gasteiger partial charge is 0.321 e. The Morgan fingerprint density at radius 2 is 1.55 bits per heavy atom. The molecule has 0 atom stereocenters. The second kappa shape index (κ2) is 7.25. The molecule has 0 aliphatic rings. The SMILES string of the molecule is O=C(NCc1ccccc1)NC(=S)Nc1ccccc1. The number of benzene rings is 2. The molecule has 0 fully saturated rings. The van der Waals surface area contributed by atoms with E-state index in [-0.39, 0.29) is 11.1 Å². The Kier molecular flexibility index (Phi) is 5.08. The number of para-hydroxylation sites is 1. The molecular formula is C15H15N3OS. The number of hydrogen-bond donors (Lipinski definition) is 3. The molecule has 0 spiro atoms. The van der Waals surface area contributed by atoms with E-state index < -0.39 is 0 Å². The van der Waals surface area contributed by atoms with Crippen molar-refractivity contribution in [3.05, 3.63) is 66.2 Å². The third-order valence-electron chi connectivity index (χ3n) is 2.55. The lowest BCUT2D eigenvalue weighted by atomic mass is 10.2. The van der Waals surface area contributed by atoms with Gasteiger partial charge in [0, 0.05) is 12.2 Å². The Morgan fingerprint density at radius 3 is 2.20 bits per heavy atom. The first kappa shape index (κ1) is 14.0. The molecule has 2 aromatic rings. The van der Waals surface area contributed by atoms with Gasteiger partial charge in [0.2, 0.25) is 0 Å². The van der Waals surface area contributed by atoms with E-state index >= 15 is 0 Å². The highest BCUT2D eigenvalue weighted by molar-refractivity contribution is 7.80. The molecule has 2 amide bonds. The fraction of sp³-hybridized carbons (Fsp3) is 0.0667. The summed E-state index contributed by atoms with van der Waals surface area (Å²) in [7, 11) is 0. The molecule has 0 saturated heterocycles. The van der Waals surface area contributed by atoms with Crippen molar-refractivity contribution < 1.29 is 4.79 Å². The Balaban J connectivity index is 1.75. The van der Waals surface area contributed by atoms with Gasteiger partial charge in [0.1, 0.15) is 0 Å². The van der Waals surface area contributed by atoms with Gasteiger partial charge in [-0.05, 0) is 29.9 Å². The van der Waals surface area contributed by atoms with Crippen molar-refractivity contribution in [3.8, 4) is 0 Å². The lowest BCUT2D eigenvalue weighted by Gasteiger charge is -2.10. The van der Waals surface area contributed by atoms with E-state index in [0.717, 1.165) is 11.3 Å². The summed E-state index contributed by atoms with van der Waals surface area (Å²) >= 11 is 5.06. The summed E-state index contributed by atoms with van der Waals surface area (Å²) in [5.74, 6) is 0. The predicted octanol–water partition coefficient (Wildman–Crippen LogP) is 2.88. The number of nitrogens with one attached hydrogen (secondary N) is 3. The van der Waals surface area contributed by atoms with Crippen molar-refractivity contribution in [2.75, 3.05) is 5.32 Å². The Labute approximate surface area is 123 Å². The van der Waals surface area contributed by atoms with Crippen LogP contribution < -0.4 is 16.0 Å². The van der Waals surface area contributed by atoms with Crippen LogP contribution in [0.25, 0.3) is 0 Å². The first-order chi connectivity index (χ1) is 9.74. The van der Waals surface area contributed by atoms with Gasteiger partial charge in [-0.15, -0.1) is 0 Å². The van der Waals surface area contributed by atoms with Crippen molar-refractivity contribution in [3.63, 3.8) is 0 Å². The fourth-order valence-corrected chi connectivity index (χ4v) is 1.82. The number of amides is 2. The van der Waals surface area contributed by atoms with E-state index in [0.29, 0.717) is 6.54 Å². The summed E-state index contributed by atoms with van der Waals surface area (Å²) in [5, 5.41) is 8.50. The minimum absolute atomic E-state index is 0.266. The molecule has 5 heteroatoms. The van der Waals surface area contributed by atoms with E-state index in [1.807, 2.05) is 60.7 Å². The lowest BCUT2D eigenvalue weighted by molar-refractivity contribution is 0.245. The average Bonchev–Trinajstić information content (AvgIpc) is 2.47. The average molecular weight is 285 g/mol. The van der Waals surface area contributed by atoms with Gasteiger partial charge < -0.3 is 10.6 Å². The number of hydrogen-bond acceptors (Lipinski definition) is 2. The Morgan fingerprint density at radius 1 is 0.950 bits per heavy atom. The maximum atomic E-state index is 11.7. The molecule has 2 aromatic carbocycles. The second-order valence-corrected chi connectivity index (χ2v) is 4.52. The zero-order chi connectivity index (χ0) is 14.2. The summed E-state index contributed by atoms with van der Waals surface area (Å²) in [5.41, 5.74) is 1.87. The highest BCUT2D eigenvalue weighted by Crippen LogP contribution is 2.04. The van der Waals surface area contributed by atoms with Crippen LogP contribution in [0.5, 0.6) is 0 Å². The standard InChI is InChI=1S/C15H15N3OS/c19-14(16-11-12-7-3-1-4-8-12)18-15(20)17-13-9-5-2-6-10-13/h1-10H,11H2,(H3,16,17,18,19,20). The van der Waals surface area contributed by atoms with Gasteiger partial charge in [0.05, 0.1) is 0 Å². The van der Waals surface area contributed by atoms with Gasteiger partial charge in [-0.25, -0.2) is 4.79 Å². The third kappa shape index (κ3) is 4.70. The number of thiocarbonyl (C=S) groups is 1. The number of urea groups is 1. The molecule has 0 heterocycles. The predicted molar refractivity (Wildman–Crippen MR) is 84.5 cm³/mol. The van der Waals surface area contributed by atoms with Gasteiger partial charge in [-0.3, -0.25) is 5.32 Å². The molecule has 0 radical (unpaired) electrons. The highest BCUT2D eigenvalue weighted by Gasteiger charge is 2.03. The third-order valence-corrected chi connectivity index (χ3v) is 2.76. The number of carbonyl (C=O) groups is 1. The molecule has 0 saturated carbocycles. The lowest BCUT2D eigenvalue weighted by Crippen LogP contribution is -2.41. The monoisotopic (exact) mass is 285 g/mol. The van der Waals surface area contributed by atoms with Crippen molar-refractivity contribution in [1.82, 2.24) is 10.6 Å². The summed E-state index contributed by atoms with van der Waals surface area (Å²) in [4.78, 5) is 11.7. The van der Waals surface area contributed by atoms with E-state index in [1.165, 1.54) is 0 Å². The Hall–Kier alpha value is -2.40. The van der Waals surface area contributed by atoms with E-state index in [4.69, 9.17) is 12.2 Å². The molecular weight excluding hydrogens is 270 g/mol. The largest absolute Gasteiger partial charge is 0.334 e. The molecule has 102 valence electrons. The van der Waals surface area contributed by atoms with Crippen LogP contribution in [0.2, 0.25) is 0 Å². The maximum absolute atomic E-state index is 11.7. The normalized spacial score (nSPS) is 9.60. The molecule has 20 heavy (non-hydrogen) atoms. The number of anilines is 1. The van der Waals surface area contributed by atoms with Crippen LogP contribution in [0, 0.1) is 0 Å². The van der Waals surface area contributed by atoms with Gasteiger partial charge in [0.15, 0.2) is 5.11 Å². The van der Waals surface area contributed by atoms with Crippen molar-refractivity contribution in [2.24, 2.45) is 0 Å². The van der Waals surface area contributed by atoms with Crippen molar-refractivity contribution >= 4 is 29.0 Å². The molecule has 0 bridgehead atoms. The minimum atomic E-state index is -0.331. The van der Waals surface area contributed by atoms with Gasteiger partial charge in [-0.1, -0.05) is 48.5 Å². The topological polar surface area (TPSA) is 53.2 Å². The quantitative estimate of drug-likeness (QED) is 0.760. The van der Waals surface area contributed by atoms with E-state index in [1.54, 1.807) is 0 Å². The molecule has 0 aromatic heterocycles. The summed E-state index contributed by atoms with van der Waals surface area (Å²) < 4.78 is 0. The highest BCUT2D eigenvalue weighted by atomic mass is 32.1. The van der Waals surface area contributed by atoms with Crippen molar-refractivity contribution in [1.29, 1.82) is 0 Å². The van der Waals surface area contributed by atoms with Crippen LogP contribution in [0.1, 0.15) is 5.56 Å². The Bertz CT molecular complexity index is 572. The first-order valence-corrected chi connectivity index (χ1v) is 6.59. The zero-order valence-electron chi connectivity index (χ0n) is 10.8. The van der Waals surface area contributed by atoms with Crippen LogP contribution in [0.15, 0.2) is 60.7 Å². The van der Waals surface area contributed by atoms with Crippen LogP contribution in [-0.4, -0.2) is 11.1 Å². The number of carbonyl (C=O) groups excluding carboxylic acids is 1. The molecule has 0 aliphatic carbocycles. The first-order valence-electron chi connectivity index (χ1n) is 6.19. The maximum Gasteiger partial charge on any atom is 0.321 e. The van der Waals surface area contributed by atoms with Crippen LogP contribution in [-0.2, 0) is 6.54 Å². The summed E-state index contributed by atoms with van der Waals surface area (Å²) in [6, 6.07) is 18.8. The van der Waals surface area contributed by atoms with Crippen LogP contribution in [0.4, 0.5) is 10.5 Å². The number of rotatable bonds is 3. The van der Waals surface area contributed by atoms with Crippen molar-refractivity contribution in [2.45, 2.75) is 6.54 Å². The molecule has 3 N–H and O–H groups in total. The van der Waals surface area contributed by atoms with Gasteiger partial charge in [0.25, 0.3) is 0 Å². The molecule has 2 rings (SSSR count). The molecule has 4 nitrogen and oxygen atoms in total. The van der Waals surface area contributed by atoms with E-state index in [9.17, 15) is 4.79 Å². The second-order valence-electron chi connectivity index (χ2n) is 4.11.